The second-order valence-electron chi connectivity index (χ2n) is 4.36. The fraction of sp³-hybridized carbons (Fsp3) is 0.188. The number of amides is 1. The predicted octanol–water partition coefficient (Wildman–Crippen LogP) is 2.55. The summed E-state index contributed by atoms with van der Waals surface area (Å²) >= 11 is 0. The van der Waals surface area contributed by atoms with Crippen LogP contribution in [0.4, 0.5) is 5.69 Å². The van der Waals surface area contributed by atoms with Gasteiger partial charge >= 0.3 is 0 Å². The van der Waals surface area contributed by atoms with E-state index >= 15 is 0 Å². The Bertz CT molecular complexity index is 538. The molecule has 0 unspecified atom stereocenters. The quantitative estimate of drug-likeness (QED) is 0.848. The Morgan fingerprint density at radius 1 is 1.05 bits per heavy atom. The number of anilines is 1. The maximum absolute atomic E-state index is 11.7. The lowest BCUT2D eigenvalue weighted by Crippen LogP contribution is -2.15. The summed E-state index contributed by atoms with van der Waals surface area (Å²) in [6, 6.07) is 16.9. The molecule has 3 N–H and O–H groups in total. The molecule has 0 aliphatic heterocycles. The van der Waals surface area contributed by atoms with Gasteiger partial charge < -0.3 is 15.8 Å². The van der Waals surface area contributed by atoms with Gasteiger partial charge in [-0.1, -0.05) is 30.3 Å². The third-order valence-corrected chi connectivity index (χ3v) is 2.81. The number of ether oxygens (including phenoxy) is 1. The first-order chi connectivity index (χ1) is 9.78. The first kappa shape index (κ1) is 14.1. The molecular formula is C16H18N2O2. The smallest absolute Gasteiger partial charge is 0.227 e. The summed E-state index contributed by atoms with van der Waals surface area (Å²) in [5.41, 5.74) is 7.37. The molecule has 0 atom stereocenters. The van der Waals surface area contributed by atoms with Gasteiger partial charge in [0.05, 0.1) is 13.0 Å². The van der Waals surface area contributed by atoms with Crippen molar-refractivity contribution in [3.8, 4) is 5.75 Å². The van der Waals surface area contributed by atoms with Crippen molar-refractivity contribution in [1.29, 1.82) is 0 Å². The van der Waals surface area contributed by atoms with Crippen molar-refractivity contribution in [3.05, 3.63) is 60.2 Å². The number of carbonyl (C=O) groups excluding carboxylic acids is 1. The number of hydrogen-bond donors (Lipinski definition) is 2. The molecule has 104 valence electrons. The lowest BCUT2D eigenvalue weighted by molar-refractivity contribution is -0.116. The van der Waals surface area contributed by atoms with Crippen LogP contribution in [0, 0.1) is 0 Å². The standard InChI is InChI=1S/C16H18N2O2/c17-12-13-6-8-15(9-7-13)20-11-10-16(19)18-14-4-2-1-3-5-14/h1-9H,10-12,17H2,(H,18,19). The molecule has 4 heteroatoms. The summed E-state index contributed by atoms with van der Waals surface area (Å²) in [4.78, 5) is 11.7. The average molecular weight is 270 g/mol. The summed E-state index contributed by atoms with van der Waals surface area (Å²) < 4.78 is 5.51. The average Bonchev–Trinajstić information content (AvgIpc) is 2.49. The molecule has 0 saturated heterocycles. The largest absolute Gasteiger partial charge is 0.493 e. The minimum Gasteiger partial charge on any atom is -0.493 e. The minimum atomic E-state index is -0.0604. The Kier molecular flexibility index (Phi) is 5.15. The summed E-state index contributed by atoms with van der Waals surface area (Å²) in [6.45, 7) is 0.862. The monoisotopic (exact) mass is 270 g/mol. The molecule has 0 radical (unpaired) electrons. The Balaban J connectivity index is 1.73. The molecule has 0 aliphatic carbocycles. The second-order valence-corrected chi connectivity index (χ2v) is 4.36. The van der Waals surface area contributed by atoms with E-state index in [0.29, 0.717) is 19.6 Å². The zero-order valence-corrected chi connectivity index (χ0v) is 11.2. The van der Waals surface area contributed by atoms with Crippen LogP contribution in [-0.2, 0) is 11.3 Å². The third kappa shape index (κ3) is 4.40. The molecule has 20 heavy (non-hydrogen) atoms. The Hall–Kier alpha value is -2.33. The van der Waals surface area contributed by atoms with E-state index in [1.165, 1.54) is 0 Å². The van der Waals surface area contributed by atoms with E-state index in [9.17, 15) is 4.79 Å². The second kappa shape index (κ2) is 7.31. The number of rotatable bonds is 6. The van der Waals surface area contributed by atoms with Gasteiger partial charge in [-0.25, -0.2) is 0 Å². The molecule has 0 saturated carbocycles. The zero-order valence-electron chi connectivity index (χ0n) is 11.2. The fourth-order valence-corrected chi connectivity index (χ4v) is 1.73. The highest BCUT2D eigenvalue weighted by Crippen LogP contribution is 2.12. The SMILES string of the molecule is NCc1ccc(OCCC(=O)Nc2ccccc2)cc1. The number of para-hydroxylation sites is 1. The van der Waals surface area contributed by atoms with Crippen LogP contribution in [0.15, 0.2) is 54.6 Å². The predicted molar refractivity (Wildman–Crippen MR) is 79.5 cm³/mol. The van der Waals surface area contributed by atoms with Crippen LogP contribution in [0.2, 0.25) is 0 Å². The molecule has 0 heterocycles. The topological polar surface area (TPSA) is 64.3 Å². The molecular weight excluding hydrogens is 252 g/mol. The molecule has 0 aliphatic rings. The van der Waals surface area contributed by atoms with Gasteiger partial charge in [0.25, 0.3) is 0 Å². The molecule has 4 nitrogen and oxygen atoms in total. The minimum absolute atomic E-state index is 0.0604. The molecule has 2 aromatic carbocycles. The van der Waals surface area contributed by atoms with Crippen LogP contribution >= 0.6 is 0 Å². The van der Waals surface area contributed by atoms with Crippen LogP contribution in [0.1, 0.15) is 12.0 Å². The number of nitrogens with two attached hydrogens (primary N) is 1. The van der Waals surface area contributed by atoms with Gasteiger partial charge in [-0.05, 0) is 29.8 Å². The number of carbonyl (C=O) groups is 1. The van der Waals surface area contributed by atoms with Crippen LogP contribution in [0.5, 0.6) is 5.75 Å². The van der Waals surface area contributed by atoms with Gasteiger partial charge in [0.2, 0.25) is 5.91 Å². The summed E-state index contributed by atoms with van der Waals surface area (Å²) in [7, 11) is 0. The van der Waals surface area contributed by atoms with Crippen molar-refractivity contribution in [2.24, 2.45) is 5.73 Å². The lowest BCUT2D eigenvalue weighted by Gasteiger charge is -2.07. The van der Waals surface area contributed by atoms with Crippen LogP contribution in [-0.4, -0.2) is 12.5 Å². The molecule has 0 spiro atoms. The molecule has 0 fully saturated rings. The van der Waals surface area contributed by atoms with Crippen molar-refractivity contribution < 1.29 is 9.53 Å². The zero-order chi connectivity index (χ0) is 14.2. The third-order valence-electron chi connectivity index (χ3n) is 2.81. The van der Waals surface area contributed by atoms with Crippen molar-refractivity contribution in [3.63, 3.8) is 0 Å². The van der Waals surface area contributed by atoms with Gasteiger partial charge in [-0.2, -0.15) is 0 Å². The summed E-state index contributed by atoms with van der Waals surface area (Å²) in [5.74, 6) is 0.685. The van der Waals surface area contributed by atoms with Crippen molar-refractivity contribution in [1.82, 2.24) is 0 Å². The van der Waals surface area contributed by atoms with Gasteiger partial charge in [0.15, 0.2) is 0 Å². The van der Waals surface area contributed by atoms with E-state index in [1.54, 1.807) is 0 Å². The van der Waals surface area contributed by atoms with Crippen molar-refractivity contribution in [2.45, 2.75) is 13.0 Å². The van der Waals surface area contributed by atoms with Gasteiger partial charge in [-0.15, -0.1) is 0 Å². The highest BCUT2D eigenvalue weighted by molar-refractivity contribution is 5.90. The maximum atomic E-state index is 11.7. The van der Waals surface area contributed by atoms with E-state index < -0.39 is 0 Å². The maximum Gasteiger partial charge on any atom is 0.227 e. The Morgan fingerprint density at radius 2 is 1.75 bits per heavy atom. The molecule has 2 rings (SSSR count). The highest BCUT2D eigenvalue weighted by atomic mass is 16.5. The number of benzene rings is 2. The molecule has 2 aromatic rings. The first-order valence-electron chi connectivity index (χ1n) is 6.54. The summed E-state index contributed by atoms with van der Waals surface area (Å²) in [5, 5.41) is 2.81. The van der Waals surface area contributed by atoms with E-state index in [0.717, 1.165) is 17.0 Å². The van der Waals surface area contributed by atoms with Crippen LogP contribution in [0.25, 0.3) is 0 Å². The van der Waals surface area contributed by atoms with E-state index in [1.807, 2.05) is 54.6 Å². The van der Waals surface area contributed by atoms with Crippen molar-refractivity contribution >= 4 is 11.6 Å². The van der Waals surface area contributed by atoms with Gasteiger partial charge in [0.1, 0.15) is 5.75 Å². The highest BCUT2D eigenvalue weighted by Gasteiger charge is 2.02. The fourth-order valence-electron chi connectivity index (χ4n) is 1.73. The summed E-state index contributed by atoms with van der Waals surface area (Å²) in [6.07, 6.45) is 0.313. The molecule has 0 bridgehead atoms. The molecule has 0 aromatic heterocycles. The Labute approximate surface area is 118 Å². The molecule has 1 amide bonds. The lowest BCUT2D eigenvalue weighted by atomic mass is 10.2. The van der Waals surface area contributed by atoms with Gasteiger partial charge in [0, 0.05) is 12.2 Å². The van der Waals surface area contributed by atoms with E-state index in [4.69, 9.17) is 10.5 Å². The van der Waals surface area contributed by atoms with Gasteiger partial charge in [-0.3, -0.25) is 4.79 Å². The first-order valence-corrected chi connectivity index (χ1v) is 6.54. The van der Waals surface area contributed by atoms with E-state index in [2.05, 4.69) is 5.32 Å². The number of hydrogen-bond acceptors (Lipinski definition) is 3. The van der Waals surface area contributed by atoms with E-state index in [-0.39, 0.29) is 5.91 Å². The number of nitrogens with one attached hydrogen (secondary N) is 1. The van der Waals surface area contributed by atoms with Crippen LogP contribution in [0.3, 0.4) is 0 Å². The normalized spacial score (nSPS) is 10.1. The Morgan fingerprint density at radius 3 is 2.40 bits per heavy atom. The van der Waals surface area contributed by atoms with Crippen LogP contribution < -0.4 is 15.8 Å². The van der Waals surface area contributed by atoms with Crippen molar-refractivity contribution in [2.75, 3.05) is 11.9 Å².